The van der Waals surface area contributed by atoms with Crippen LogP contribution in [0.4, 0.5) is 11.5 Å². The summed E-state index contributed by atoms with van der Waals surface area (Å²) in [4.78, 5) is 25.6. The number of nitrogens with two attached hydrogens (primary N) is 1. The highest BCUT2D eigenvalue weighted by molar-refractivity contribution is 5.60. The number of aliphatic hydroxyl groups is 1. The van der Waals surface area contributed by atoms with E-state index in [1.807, 2.05) is 13.8 Å². The average molecular weight is 270 g/mol. The van der Waals surface area contributed by atoms with Crippen molar-refractivity contribution in [1.29, 1.82) is 0 Å². The second kappa shape index (κ2) is 6.98. The van der Waals surface area contributed by atoms with Gasteiger partial charge in [-0.3, -0.25) is 14.3 Å². The Morgan fingerprint density at radius 2 is 2.16 bits per heavy atom. The van der Waals surface area contributed by atoms with Crippen molar-refractivity contribution in [2.45, 2.75) is 45.7 Å². The van der Waals surface area contributed by atoms with Crippen LogP contribution >= 0.6 is 0 Å². The maximum atomic E-state index is 11.8. The van der Waals surface area contributed by atoms with E-state index in [-0.39, 0.29) is 24.2 Å². The number of aromatic amines is 1. The molecule has 0 aliphatic carbocycles. The zero-order valence-corrected chi connectivity index (χ0v) is 11.4. The summed E-state index contributed by atoms with van der Waals surface area (Å²) in [5, 5.41) is 11.8. The second-order valence-electron chi connectivity index (χ2n) is 4.58. The van der Waals surface area contributed by atoms with Crippen molar-refractivity contribution in [3.63, 3.8) is 0 Å². The fourth-order valence-corrected chi connectivity index (χ4v) is 1.89. The summed E-state index contributed by atoms with van der Waals surface area (Å²) in [5.41, 5.74) is 5.10. The van der Waals surface area contributed by atoms with Crippen LogP contribution in [0.15, 0.2) is 9.59 Å². The van der Waals surface area contributed by atoms with E-state index >= 15 is 0 Å². The molecule has 1 unspecified atom stereocenters. The monoisotopic (exact) mass is 270 g/mol. The van der Waals surface area contributed by atoms with Crippen molar-refractivity contribution in [1.82, 2.24) is 9.55 Å². The third-order valence-corrected chi connectivity index (χ3v) is 2.87. The molecule has 0 aliphatic heterocycles. The molecule has 108 valence electrons. The van der Waals surface area contributed by atoms with Gasteiger partial charge in [0.25, 0.3) is 5.56 Å². The van der Waals surface area contributed by atoms with Crippen molar-refractivity contribution in [3.8, 4) is 0 Å². The van der Waals surface area contributed by atoms with Crippen LogP contribution in [0, 0.1) is 0 Å². The summed E-state index contributed by atoms with van der Waals surface area (Å²) >= 11 is 0. The molecule has 0 aromatic carbocycles. The van der Waals surface area contributed by atoms with Gasteiger partial charge in [0.05, 0.1) is 0 Å². The first-order chi connectivity index (χ1) is 9.01. The van der Waals surface area contributed by atoms with Crippen LogP contribution < -0.4 is 22.3 Å². The van der Waals surface area contributed by atoms with Gasteiger partial charge in [-0.25, -0.2) is 4.79 Å². The Labute approximate surface area is 111 Å². The smallest absolute Gasteiger partial charge is 0.330 e. The molecule has 7 heteroatoms. The van der Waals surface area contributed by atoms with Gasteiger partial charge in [0.15, 0.2) is 0 Å². The molecule has 19 heavy (non-hydrogen) atoms. The van der Waals surface area contributed by atoms with E-state index in [4.69, 9.17) is 10.8 Å². The minimum absolute atomic E-state index is 0.0110. The van der Waals surface area contributed by atoms with E-state index in [9.17, 15) is 9.59 Å². The Kier molecular flexibility index (Phi) is 5.62. The molecule has 0 bridgehead atoms. The van der Waals surface area contributed by atoms with Crippen LogP contribution in [-0.4, -0.2) is 27.3 Å². The molecule has 0 fully saturated rings. The summed E-state index contributed by atoms with van der Waals surface area (Å²) in [7, 11) is 0. The van der Waals surface area contributed by atoms with E-state index in [0.29, 0.717) is 19.4 Å². The molecule has 1 atom stereocenters. The normalized spacial score (nSPS) is 12.4. The summed E-state index contributed by atoms with van der Waals surface area (Å²) < 4.78 is 1.35. The fourth-order valence-electron chi connectivity index (χ4n) is 1.89. The third-order valence-electron chi connectivity index (χ3n) is 2.87. The molecule has 1 heterocycles. The van der Waals surface area contributed by atoms with Gasteiger partial charge in [-0.1, -0.05) is 6.92 Å². The van der Waals surface area contributed by atoms with Crippen molar-refractivity contribution in [2.24, 2.45) is 0 Å². The summed E-state index contributed by atoms with van der Waals surface area (Å²) in [6.45, 7) is 4.38. The Morgan fingerprint density at radius 3 is 2.74 bits per heavy atom. The molecular weight excluding hydrogens is 248 g/mol. The molecule has 0 saturated carbocycles. The number of nitrogens with one attached hydrogen (secondary N) is 2. The highest BCUT2D eigenvalue weighted by atomic mass is 16.3. The molecule has 0 saturated heterocycles. The van der Waals surface area contributed by atoms with Crippen molar-refractivity contribution < 1.29 is 5.11 Å². The number of aromatic nitrogens is 2. The van der Waals surface area contributed by atoms with Crippen LogP contribution in [0.25, 0.3) is 0 Å². The number of H-pyrrole nitrogens is 1. The Hall–Kier alpha value is -1.76. The molecule has 5 N–H and O–H groups in total. The topological polar surface area (TPSA) is 113 Å². The molecule has 0 spiro atoms. The molecular formula is C12H22N4O3. The number of nitrogens with zero attached hydrogens (tertiary/aromatic N) is 1. The first-order valence-electron chi connectivity index (χ1n) is 6.51. The fraction of sp³-hybridized carbons (Fsp3) is 0.667. The number of hydrogen-bond acceptors (Lipinski definition) is 5. The SMILES string of the molecule is CCCn1c(N)c(NC(C)CCCO)c(=O)[nH]c1=O. The molecule has 0 amide bonds. The zero-order valence-electron chi connectivity index (χ0n) is 11.4. The van der Waals surface area contributed by atoms with Gasteiger partial charge < -0.3 is 16.2 Å². The quantitative estimate of drug-likeness (QED) is 0.561. The lowest BCUT2D eigenvalue weighted by Crippen LogP contribution is -2.35. The van der Waals surface area contributed by atoms with Crippen molar-refractivity contribution in [3.05, 3.63) is 20.8 Å². The minimum atomic E-state index is -0.509. The van der Waals surface area contributed by atoms with Crippen LogP contribution in [0.5, 0.6) is 0 Å². The molecule has 1 rings (SSSR count). The summed E-state index contributed by atoms with van der Waals surface area (Å²) in [5.74, 6) is 0.159. The summed E-state index contributed by atoms with van der Waals surface area (Å²) in [6.07, 6.45) is 2.10. The summed E-state index contributed by atoms with van der Waals surface area (Å²) in [6, 6.07) is -0.0110. The van der Waals surface area contributed by atoms with Gasteiger partial charge in [-0.2, -0.15) is 0 Å². The predicted molar refractivity (Wildman–Crippen MR) is 75.4 cm³/mol. The molecule has 0 radical (unpaired) electrons. The Balaban J connectivity index is 3.03. The molecule has 0 aliphatic rings. The number of nitrogen functional groups attached to an aromatic ring is 1. The molecule has 7 nitrogen and oxygen atoms in total. The molecule has 1 aromatic heterocycles. The van der Waals surface area contributed by atoms with E-state index in [1.165, 1.54) is 4.57 Å². The zero-order chi connectivity index (χ0) is 14.4. The van der Waals surface area contributed by atoms with Gasteiger partial charge in [0.2, 0.25) is 0 Å². The molecule has 1 aromatic rings. The lowest BCUT2D eigenvalue weighted by Gasteiger charge is -2.17. The van der Waals surface area contributed by atoms with Crippen LogP contribution in [-0.2, 0) is 6.54 Å². The highest BCUT2D eigenvalue weighted by Gasteiger charge is 2.13. The highest BCUT2D eigenvalue weighted by Crippen LogP contribution is 2.13. The van der Waals surface area contributed by atoms with Crippen molar-refractivity contribution in [2.75, 3.05) is 17.7 Å². The van der Waals surface area contributed by atoms with Gasteiger partial charge in [0, 0.05) is 19.2 Å². The van der Waals surface area contributed by atoms with Crippen LogP contribution in [0.3, 0.4) is 0 Å². The number of hydrogen-bond donors (Lipinski definition) is 4. The Morgan fingerprint density at radius 1 is 1.47 bits per heavy atom. The van der Waals surface area contributed by atoms with Crippen LogP contribution in [0.2, 0.25) is 0 Å². The lowest BCUT2D eigenvalue weighted by atomic mass is 10.2. The van der Waals surface area contributed by atoms with Gasteiger partial charge in [-0.15, -0.1) is 0 Å². The first kappa shape index (κ1) is 15.3. The minimum Gasteiger partial charge on any atom is -0.396 e. The predicted octanol–water partition coefficient (Wildman–Crippen LogP) is 0.102. The first-order valence-corrected chi connectivity index (χ1v) is 6.51. The van der Waals surface area contributed by atoms with E-state index in [1.54, 1.807) is 0 Å². The van der Waals surface area contributed by atoms with Crippen molar-refractivity contribution >= 4 is 11.5 Å². The van der Waals surface area contributed by atoms with E-state index in [0.717, 1.165) is 6.42 Å². The maximum Gasteiger partial charge on any atom is 0.330 e. The third kappa shape index (κ3) is 3.85. The largest absolute Gasteiger partial charge is 0.396 e. The number of rotatable bonds is 7. The van der Waals surface area contributed by atoms with Gasteiger partial charge >= 0.3 is 5.69 Å². The number of aliphatic hydroxyl groups excluding tert-OH is 1. The van der Waals surface area contributed by atoms with E-state index < -0.39 is 11.2 Å². The Bertz CT molecular complexity index is 521. The second-order valence-corrected chi connectivity index (χ2v) is 4.58. The average Bonchev–Trinajstić information content (AvgIpc) is 2.37. The standard InChI is InChI=1S/C12H22N4O3/c1-3-6-16-10(13)9(11(18)15-12(16)19)14-8(2)5-4-7-17/h8,14,17H,3-7,13H2,1-2H3,(H,15,18,19). The van der Waals surface area contributed by atoms with E-state index in [2.05, 4.69) is 10.3 Å². The van der Waals surface area contributed by atoms with Crippen LogP contribution in [0.1, 0.15) is 33.1 Å². The lowest BCUT2D eigenvalue weighted by molar-refractivity contribution is 0.282. The van der Waals surface area contributed by atoms with Gasteiger partial charge in [0.1, 0.15) is 11.5 Å². The maximum absolute atomic E-state index is 11.8. The number of anilines is 2. The van der Waals surface area contributed by atoms with Gasteiger partial charge in [-0.05, 0) is 26.2 Å².